The van der Waals surface area contributed by atoms with Gasteiger partial charge in [-0.3, -0.25) is 4.90 Å². The number of likely N-dealkylation sites (tertiary alicyclic amines) is 1. The fourth-order valence-corrected chi connectivity index (χ4v) is 4.50. The van der Waals surface area contributed by atoms with Crippen molar-refractivity contribution in [2.45, 2.75) is 36.6 Å². The van der Waals surface area contributed by atoms with Gasteiger partial charge in [0.2, 0.25) is 0 Å². The number of sulfone groups is 1. The highest BCUT2D eigenvalue weighted by Gasteiger charge is 2.26. The Balaban J connectivity index is 1.72. The molecule has 1 fully saturated rings. The Bertz CT molecular complexity index is 695. The average Bonchev–Trinajstić information content (AvgIpc) is 2.99. The molecule has 0 saturated carbocycles. The lowest BCUT2D eigenvalue weighted by molar-refractivity contribution is 0.188. The molecular formula is C18H23NO3S. The topological polar surface area (TPSA) is 50.5 Å². The monoisotopic (exact) mass is 333 g/mol. The molecule has 0 amide bonds. The Morgan fingerprint density at radius 1 is 1.04 bits per heavy atom. The van der Waals surface area contributed by atoms with Crippen LogP contribution in [0.5, 0.6) is 0 Å². The van der Waals surface area contributed by atoms with Crippen molar-refractivity contribution in [1.29, 1.82) is 0 Å². The van der Waals surface area contributed by atoms with Crippen LogP contribution in [0.1, 0.15) is 37.5 Å². The van der Waals surface area contributed by atoms with E-state index in [0.29, 0.717) is 11.4 Å². The molecule has 1 atom stereocenters. The predicted octanol–water partition coefficient (Wildman–Crippen LogP) is 3.67. The Labute approximate surface area is 138 Å². The van der Waals surface area contributed by atoms with E-state index in [1.54, 1.807) is 30.5 Å². The normalized spacial score (nSPS) is 20.3. The lowest BCUT2D eigenvalue weighted by atomic mass is 10.1. The zero-order valence-electron chi connectivity index (χ0n) is 13.2. The van der Waals surface area contributed by atoms with Gasteiger partial charge in [-0.2, -0.15) is 0 Å². The number of nitrogens with zero attached hydrogens (tertiary/aromatic N) is 1. The van der Waals surface area contributed by atoms with Gasteiger partial charge >= 0.3 is 0 Å². The van der Waals surface area contributed by atoms with E-state index in [4.69, 9.17) is 4.42 Å². The number of benzene rings is 1. The molecule has 5 heteroatoms. The first kappa shape index (κ1) is 16.3. The molecule has 1 aliphatic heterocycles. The van der Waals surface area contributed by atoms with Crippen LogP contribution in [0.3, 0.4) is 0 Å². The SMILES string of the molecule is O=S(=O)(CCN1CCCCCC1c1ccco1)c1ccccc1. The molecule has 1 unspecified atom stereocenters. The molecule has 23 heavy (non-hydrogen) atoms. The van der Waals surface area contributed by atoms with Crippen LogP contribution in [0, 0.1) is 0 Å². The van der Waals surface area contributed by atoms with E-state index in [1.165, 1.54) is 6.42 Å². The van der Waals surface area contributed by atoms with Crippen molar-refractivity contribution in [3.63, 3.8) is 0 Å². The first-order valence-electron chi connectivity index (χ1n) is 8.22. The van der Waals surface area contributed by atoms with Gasteiger partial charge in [0.25, 0.3) is 0 Å². The second kappa shape index (κ2) is 7.32. The lowest BCUT2D eigenvalue weighted by Crippen LogP contribution is -2.33. The third kappa shape index (κ3) is 4.03. The van der Waals surface area contributed by atoms with Gasteiger partial charge in [-0.15, -0.1) is 0 Å². The molecule has 4 nitrogen and oxygen atoms in total. The first-order valence-corrected chi connectivity index (χ1v) is 9.87. The summed E-state index contributed by atoms with van der Waals surface area (Å²) >= 11 is 0. The largest absolute Gasteiger partial charge is 0.468 e. The average molecular weight is 333 g/mol. The molecule has 124 valence electrons. The summed E-state index contributed by atoms with van der Waals surface area (Å²) in [6.45, 7) is 1.47. The molecule has 1 aromatic heterocycles. The van der Waals surface area contributed by atoms with E-state index in [0.717, 1.165) is 31.6 Å². The molecule has 0 aliphatic carbocycles. The molecule has 1 aliphatic rings. The quantitative estimate of drug-likeness (QED) is 0.838. The van der Waals surface area contributed by atoms with Crippen molar-refractivity contribution in [3.8, 4) is 0 Å². The zero-order chi connectivity index (χ0) is 16.1. The van der Waals surface area contributed by atoms with Crippen LogP contribution in [0.2, 0.25) is 0 Å². The minimum absolute atomic E-state index is 0.147. The summed E-state index contributed by atoms with van der Waals surface area (Å²) < 4.78 is 30.6. The maximum atomic E-state index is 12.5. The summed E-state index contributed by atoms with van der Waals surface area (Å²) in [4.78, 5) is 2.68. The van der Waals surface area contributed by atoms with Crippen LogP contribution in [-0.4, -0.2) is 32.2 Å². The summed E-state index contributed by atoms with van der Waals surface area (Å²) in [7, 11) is -3.24. The second-order valence-corrected chi connectivity index (χ2v) is 8.16. The zero-order valence-corrected chi connectivity index (χ0v) is 14.0. The van der Waals surface area contributed by atoms with E-state index in [9.17, 15) is 8.42 Å². The minimum atomic E-state index is -3.24. The molecule has 2 heterocycles. The van der Waals surface area contributed by atoms with Gasteiger partial charge in [-0.25, -0.2) is 8.42 Å². The number of hydrogen-bond acceptors (Lipinski definition) is 4. The van der Waals surface area contributed by atoms with Gasteiger partial charge in [0.05, 0.1) is 23.0 Å². The Kier molecular flexibility index (Phi) is 5.18. The number of hydrogen-bond donors (Lipinski definition) is 0. The van der Waals surface area contributed by atoms with Crippen molar-refractivity contribution >= 4 is 9.84 Å². The van der Waals surface area contributed by atoms with Gasteiger partial charge in [-0.1, -0.05) is 31.0 Å². The molecule has 0 N–H and O–H groups in total. The van der Waals surface area contributed by atoms with Crippen LogP contribution in [0.25, 0.3) is 0 Å². The summed E-state index contributed by atoms with van der Waals surface area (Å²) in [6, 6.07) is 12.8. The summed E-state index contributed by atoms with van der Waals surface area (Å²) in [5.41, 5.74) is 0. The van der Waals surface area contributed by atoms with Crippen LogP contribution in [-0.2, 0) is 9.84 Å². The van der Waals surface area contributed by atoms with Crippen LogP contribution >= 0.6 is 0 Å². The van der Waals surface area contributed by atoms with Crippen molar-refractivity contribution in [2.75, 3.05) is 18.8 Å². The lowest BCUT2D eigenvalue weighted by Gasteiger charge is -2.28. The highest BCUT2D eigenvalue weighted by atomic mass is 32.2. The Morgan fingerprint density at radius 3 is 2.61 bits per heavy atom. The second-order valence-electron chi connectivity index (χ2n) is 6.05. The maximum Gasteiger partial charge on any atom is 0.179 e. The highest BCUT2D eigenvalue weighted by molar-refractivity contribution is 7.91. The number of furan rings is 1. The fourth-order valence-electron chi connectivity index (χ4n) is 3.22. The smallest absolute Gasteiger partial charge is 0.179 e. The van der Waals surface area contributed by atoms with Crippen LogP contribution in [0.4, 0.5) is 0 Å². The van der Waals surface area contributed by atoms with E-state index >= 15 is 0 Å². The third-order valence-electron chi connectivity index (χ3n) is 4.48. The summed E-state index contributed by atoms with van der Waals surface area (Å²) in [5.74, 6) is 1.10. The highest BCUT2D eigenvalue weighted by Crippen LogP contribution is 2.30. The van der Waals surface area contributed by atoms with Crippen LogP contribution < -0.4 is 0 Å². The molecule has 1 saturated heterocycles. The maximum absolute atomic E-state index is 12.5. The van der Waals surface area contributed by atoms with E-state index in [-0.39, 0.29) is 11.8 Å². The van der Waals surface area contributed by atoms with E-state index < -0.39 is 9.84 Å². The Hall–Kier alpha value is -1.59. The molecule has 1 aromatic carbocycles. The molecule has 0 bridgehead atoms. The summed E-state index contributed by atoms with van der Waals surface area (Å²) in [6.07, 6.45) is 6.19. The van der Waals surface area contributed by atoms with Gasteiger partial charge in [0, 0.05) is 6.54 Å². The van der Waals surface area contributed by atoms with Gasteiger partial charge in [0.1, 0.15) is 5.76 Å². The predicted molar refractivity (Wildman–Crippen MR) is 90.0 cm³/mol. The fraction of sp³-hybridized carbons (Fsp3) is 0.444. The van der Waals surface area contributed by atoms with Crippen molar-refractivity contribution < 1.29 is 12.8 Å². The van der Waals surface area contributed by atoms with Gasteiger partial charge < -0.3 is 4.42 Å². The van der Waals surface area contributed by atoms with Crippen molar-refractivity contribution in [3.05, 3.63) is 54.5 Å². The standard InChI is InChI=1S/C18H23NO3S/c20-23(21,16-8-3-1-4-9-16)15-13-19-12-6-2-5-10-17(19)18-11-7-14-22-18/h1,3-4,7-9,11,14,17H,2,5-6,10,12-13,15H2. The van der Waals surface area contributed by atoms with Gasteiger partial charge in [0.15, 0.2) is 9.84 Å². The molecule has 0 spiro atoms. The molecule has 3 rings (SSSR count). The summed E-state index contributed by atoms with van der Waals surface area (Å²) in [5, 5.41) is 0. The molecule has 2 aromatic rings. The van der Waals surface area contributed by atoms with Gasteiger partial charge in [-0.05, 0) is 43.7 Å². The third-order valence-corrected chi connectivity index (χ3v) is 6.20. The van der Waals surface area contributed by atoms with Crippen molar-refractivity contribution in [1.82, 2.24) is 4.90 Å². The van der Waals surface area contributed by atoms with Crippen molar-refractivity contribution in [2.24, 2.45) is 0 Å². The van der Waals surface area contributed by atoms with E-state index in [1.807, 2.05) is 18.2 Å². The molecule has 0 radical (unpaired) electrons. The Morgan fingerprint density at radius 2 is 1.87 bits per heavy atom. The van der Waals surface area contributed by atoms with Crippen LogP contribution in [0.15, 0.2) is 58.0 Å². The number of rotatable bonds is 5. The minimum Gasteiger partial charge on any atom is -0.468 e. The molecular weight excluding hydrogens is 310 g/mol. The first-order chi connectivity index (χ1) is 11.2. The van der Waals surface area contributed by atoms with E-state index in [2.05, 4.69) is 4.90 Å².